The molecule has 0 aliphatic rings. The van der Waals surface area contributed by atoms with Gasteiger partial charge in [-0.1, -0.05) is 29.5 Å². The maximum Gasteiger partial charge on any atom is 0.280 e. The molecule has 0 aliphatic heterocycles. The standard InChI is InChI=1S/C19H21N5O/c1-11-8-9-13(3)16(10-11)24-18(20)17(22-23-24)19(25)21-15-7-5-6-12(2)14(15)4/h5-10H,20H2,1-4H3,(H,21,25). The zero-order valence-corrected chi connectivity index (χ0v) is 14.8. The second-order valence-corrected chi connectivity index (χ2v) is 6.23. The molecule has 0 saturated carbocycles. The van der Waals surface area contributed by atoms with Gasteiger partial charge in [-0.3, -0.25) is 4.79 Å². The first kappa shape index (κ1) is 16.7. The highest BCUT2D eigenvalue weighted by Gasteiger charge is 2.20. The van der Waals surface area contributed by atoms with Crippen LogP contribution in [-0.4, -0.2) is 20.9 Å². The number of amides is 1. The number of aromatic nitrogens is 3. The smallest absolute Gasteiger partial charge is 0.280 e. The molecule has 25 heavy (non-hydrogen) atoms. The highest BCUT2D eigenvalue weighted by molar-refractivity contribution is 6.06. The zero-order valence-electron chi connectivity index (χ0n) is 14.8. The molecule has 3 N–H and O–H groups in total. The number of rotatable bonds is 3. The lowest BCUT2D eigenvalue weighted by Crippen LogP contribution is -2.16. The molecule has 3 aromatic rings. The Morgan fingerprint density at radius 1 is 1.08 bits per heavy atom. The van der Waals surface area contributed by atoms with E-state index in [4.69, 9.17) is 5.73 Å². The van der Waals surface area contributed by atoms with Crippen LogP contribution in [0.2, 0.25) is 0 Å². The van der Waals surface area contributed by atoms with Gasteiger partial charge in [0.2, 0.25) is 0 Å². The quantitative estimate of drug-likeness (QED) is 0.768. The highest BCUT2D eigenvalue weighted by atomic mass is 16.2. The molecule has 0 radical (unpaired) electrons. The summed E-state index contributed by atoms with van der Waals surface area (Å²) >= 11 is 0. The number of nitrogens with two attached hydrogens (primary N) is 1. The van der Waals surface area contributed by atoms with Gasteiger partial charge in [0.1, 0.15) is 0 Å². The summed E-state index contributed by atoms with van der Waals surface area (Å²) in [5.74, 6) is -0.153. The van der Waals surface area contributed by atoms with E-state index < -0.39 is 0 Å². The normalized spacial score (nSPS) is 10.7. The van der Waals surface area contributed by atoms with Gasteiger partial charge in [-0.15, -0.1) is 5.10 Å². The molecule has 0 aliphatic carbocycles. The number of hydrogen-bond acceptors (Lipinski definition) is 4. The molecule has 0 saturated heterocycles. The molecule has 0 unspecified atom stereocenters. The average Bonchev–Trinajstić information content (AvgIpc) is 2.95. The third-order valence-corrected chi connectivity index (χ3v) is 4.37. The van der Waals surface area contributed by atoms with Crippen LogP contribution in [0.25, 0.3) is 5.69 Å². The second-order valence-electron chi connectivity index (χ2n) is 6.23. The summed E-state index contributed by atoms with van der Waals surface area (Å²) < 4.78 is 1.50. The third-order valence-electron chi connectivity index (χ3n) is 4.37. The lowest BCUT2D eigenvalue weighted by molar-refractivity contribution is 0.102. The Balaban J connectivity index is 1.94. The van der Waals surface area contributed by atoms with E-state index >= 15 is 0 Å². The topological polar surface area (TPSA) is 85.8 Å². The molecule has 0 spiro atoms. The van der Waals surface area contributed by atoms with Gasteiger partial charge in [0.25, 0.3) is 5.91 Å². The van der Waals surface area contributed by atoms with E-state index in [9.17, 15) is 4.79 Å². The number of carbonyl (C=O) groups is 1. The molecule has 1 aromatic heterocycles. The first-order valence-corrected chi connectivity index (χ1v) is 8.05. The Kier molecular flexibility index (Phi) is 4.27. The van der Waals surface area contributed by atoms with Crippen molar-refractivity contribution in [3.05, 3.63) is 64.3 Å². The number of hydrogen-bond donors (Lipinski definition) is 2. The van der Waals surface area contributed by atoms with Crippen LogP contribution in [0.1, 0.15) is 32.7 Å². The second kappa shape index (κ2) is 6.39. The molecule has 0 fully saturated rings. The fraction of sp³-hybridized carbons (Fsp3) is 0.211. The van der Waals surface area contributed by atoms with Crippen LogP contribution in [0.4, 0.5) is 11.5 Å². The van der Waals surface area contributed by atoms with E-state index in [2.05, 4.69) is 15.6 Å². The first-order chi connectivity index (χ1) is 11.9. The van der Waals surface area contributed by atoms with Crippen molar-refractivity contribution in [2.24, 2.45) is 0 Å². The van der Waals surface area contributed by atoms with Gasteiger partial charge >= 0.3 is 0 Å². The van der Waals surface area contributed by atoms with E-state index in [0.29, 0.717) is 0 Å². The zero-order chi connectivity index (χ0) is 18.1. The highest BCUT2D eigenvalue weighted by Crippen LogP contribution is 2.22. The van der Waals surface area contributed by atoms with Gasteiger partial charge in [-0.2, -0.15) is 4.68 Å². The van der Waals surface area contributed by atoms with E-state index in [0.717, 1.165) is 33.6 Å². The first-order valence-electron chi connectivity index (χ1n) is 8.05. The molecule has 6 heteroatoms. The predicted molar refractivity (Wildman–Crippen MR) is 99.1 cm³/mol. The Bertz CT molecular complexity index is 958. The largest absolute Gasteiger partial charge is 0.382 e. The summed E-state index contributed by atoms with van der Waals surface area (Å²) in [5.41, 5.74) is 12.0. The van der Waals surface area contributed by atoms with Crippen LogP contribution < -0.4 is 11.1 Å². The fourth-order valence-corrected chi connectivity index (χ4v) is 2.64. The van der Waals surface area contributed by atoms with Gasteiger partial charge < -0.3 is 11.1 Å². The molecule has 6 nitrogen and oxygen atoms in total. The van der Waals surface area contributed by atoms with Crippen LogP contribution >= 0.6 is 0 Å². The summed E-state index contributed by atoms with van der Waals surface area (Å²) in [5, 5.41) is 10.9. The molecule has 1 amide bonds. The lowest BCUT2D eigenvalue weighted by atomic mass is 10.1. The summed E-state index contributed by atoms with van der Waals surface area (Å²) in [6, 6.07) is 11.7. The molecule has 2 aromatic carbocycles. The van der Waals surface area contributed by atoms with Gasteiger partial charge in [-0.05, 0) is 62.1 Å². The number of aryl methyl sites for hydroxylation is 3. The summed E-state index contributed by atoms with van der Waals surface area (Å²) in [6.07, 6.45) is 0. The molecule has 1 heterocycles. The Hall–Kier alpha value is -3.15. The van der Waals surface area contributed by atoms with Crippen molar-refractivity contribution in [2.45, 2.75) is 27.7 Å². The SMILES string of the molecule is Cc1ccc(C)c(-n2nnc(C(=O)Nc3cccc(C)c3C)c2N)c1. The Labute approximate surface area is 146 Å². The van der Waals surface area contributed by atoms with E-state index in [1.54, 1.807) is 0 Å². The van der Waals surface area contributed by atoms with Crippen LogP contribution in [0.3, 0.4) is 0 Å². The minimum absolute atomic E-state index is 0.113. The number of anilines is 2. The molecular weight excluding hydrogens is 314 g/mol. The van der Waals surface area contributed by atoms with Gasteiger partial charge in [0, 0.05) is 5.69 Å². The number of nitrogens with one attached hydrogen (secondary N) is 1. The third kappa shape index (κ3) is 3.10. The van der Waals surface area contributed by atoms with Crippen LogP contribution in [0.15, 0.2) is 36.4 Å². The van der Waals surface area contributed by atoms with E-state index in [-0.39, 0.29) is 17.4 Å². The molecule has 0 bridgehead atoms. The molecular formula is C19H21N5O. The van der Waals surface area contributed by atoms with Crippen molar-refractivity contribution in [2.75, 3.05) is 11.1 Å². The average molecular weight is 335 g/mol. The number of carbonyl (C=O) groups excluding carboxylic acids is 1. The summed E-state index contributed by atoms with van der Waals surface area (Å²) in [6.45, 7) is 7.91. The van der Waals surface area contributed by atoms with E-state index in [1.807, 2.05) is 64.1 Å². The summed E-state index contributed by atoms with van der Waals surface area (Å²) in [4.78, 5) is 12.6. The number of benzene rings is 2. The van der Waals surface area contributed by atoms with Crippen molar-refractivity contribution >= 4 is 17.4 Å². The Morgan fingerprint density at radius 3 is 2.60 bits per heavy atom. The minimum Gasteiger partial charge on any atom is -0.382 e. The molecule has 3 rings (SSSR count). The number of nitrogen functional groups attached to an aromatic ring is 1. The van der Waals surface area contributed by atoms with Crippen molar-refractivity contribution in [3.63, 3.8) is 0 Å². The van der Waals surface area contributed by atoms with Crippen molar-refractivity contribution in [3.8, 4) is 5.69 Å². The fourth-order valence-electron chi connectivity index (χ4n) is 2.64. The summed E-state index contributed by atoms with van der Waals surface area (Å²) in [7, 11) is 0. The monoisotopic (exact) mass is 335 g/mol. The molecule has 128 valence electrons. The number of nitrogens with zero attached hydrogens (tertiary/aromatic N) is 3. The van der Waals surface area contributed by atoms with Gasteiger partial charge in [0.05, 0.1) is 5.69 Å². The lowest BCUT2D eigenvalue weighted by Gasteiger charge is -2.10. The minimum atomic E-state index is -0.372. The van der Waals surface area contributed by atoms with Crippen molar-refractivity contribution < 1.29 is 4.79 Å². The maximum absolute atomic E-state index is 12.6. The van der Waals surface area contributed by atoms with Crippen LogP contribution in [0.5, 0.6) is 0 Å². The van der Waals surface area contributed by atoms with E-state index in [1.165, 1.54) is 4.68 Å². The van der Waals surface area contributed by atoms with Gasteiger partial charge in [-0.25, -0.2) is 0 Å². The predicted octanol–water partition coefficient (Wildman–Crippen LogP) is 3.34. The Morgan fingerprint density at radius 2 is 1.84 bits per heavy atom. The van der Waals surface area contributed by atoms with Crippen molar-refractivity contribution in [1.82, 2.24) is 15.0 Å². The van der Waals surface area contributed by atoms with Crippen LogP contribution in [0, 0.1) is 27.7 Å². The maximum atomic E-state index is 12.6. The van der Waals surface area contributed by atoms with Crippen molar-refractivity contribution in [1.29, 1.82) is 0 Å². The van der Waals surface area contributed by atoms with Gasteiger partial charge in [0.15, 0.2) is 11.5 Å². The molecule has 0 atom stereocenters. The van der Waals surface area contributed by atoms with Crippen LogP contribution in [-0.2, 0) is 0 Å².